The molecular weight excluding hydrogens is 476 g/mol. The van der Waals surface area contributed by atoms with Crippen LogP contribution in [0.4, 0.5) is 5.82 Å². The topological polar surface area (TPSA) is 71.2 Å². The van der Waals surface area contributed by atoms with E-state index in [-0.39, 0.29) is 11.9 Å². The van der Waals surface area contributed by atoms with Crippen LogP contribution >= 0.6 is 22.9 Å². The van der Waals surface area contributed by atoms with Crippen molar-refractivity contribution >= 4 is 44.7 Å². The molecule has 0 atom stereocenters. The first-order valence-corrected chi connectivity index (χ1v) is 13.2. The molecule has 1 saturated carbocycles. The van der Waals surface area contributed by atoms with E-state index in [2.05, 4.69) is 28.5 Å². The van der Waals surface area contributed by atoms with Gasteiger partial charge in [0.25, 0.3) is 5.91 Å². The van der Waals surface area contributed by atoms with Crippen molar-refractivity contribution in [1.82, 2.24) is 15.2 Å². The number of carbonyl (C=O) groups excluding carboxylic acids is 1. The lowest BCUT2D eigenvalue weighted by atomic mass is 9.89. The molecule has 2 heterocycles. The quantitative estimate of drug-likeness (QED) is 0.320. The molecule has 5 rings (SSSR count). The Kier molecular flexibility index (Phi) is 7.04. The Morgan fingerprint density at radius 1 is 1.09 bits per heavy atom. The number of carbonyl (C=O) groups is 1. The average molecular weight is 505 g/mol. The zero-order valence-electron chi connectivity index (χ0n) is 19.7. The van der Waals surface area contributed by atoms with Gasteiger partial charge in [0.15, 0.2) is 0 Å². The highest BCUT2D eigenvalue weighted by molar-refractivity contribution is 7.21. The van der Waals surface area contributed by atoms with Crippen LogP contribution in [-0.4, -0.2) is 34.9 Å². The van der Waals surface area contributed by atoms with Gasteiger partial charge in [-0.15, -0.1) is 11.3 Å². The van der Waals surface area contributed by atoms with Gasteiger partial charge in [-0.05, 0) is 68.1 Å². The standard InChI is InChI=1S/C28H29ClN4OS/c1-31-21-10-12-22(13-11-21)33(28(34)27-26(29)23-7-2-3-8-24(23)35-27)17-18-5-4-6-19(15-18)20-9-14-25(30)32-16-20/h2-9,14-16,21-22,31H,10-13,17H2,1H3,(H2,30,32). The Morgan fingerprint density at radius 2 is 1.89 bits per heavy atom. The van der Waals surface area contributed by atoms with Gasteiger partial charge in [0.1, 0.15) is 10.7 Å². The maximum atomic E-state index is 14.0. The number of nitrogens with zero attached hydrogens (tertiary/aromatic N) is 2. The van der Waals surface area contributed by atoms with Crippen LogP contribution in [0.5, 0.6) is 0 Å². The Labute approximate surface area is 214 Å². The summed E-state index contributed by atoms with van der Waals surface area (Å²) in [7, 11) is 2.02. The van der Waals surface area contributed by atoms with Crippen LogP contribution in [-0.2, 0) is 6.54 Å². The molecule has 0 bridgehead atoms. The molecule has 2 aromatic heterocycles. The number of halogens is 1. The monoisotopic (exact) mass is 504 g/mol. The molecular formula is C28H29ClN4OS. The molecule has 1 aliphatic rings. The maximum absolute atomic E-state index is 14.0. The number of pyridine rings is 1. The smallest absolute Gasteiger partial charge is 0.266 e. The fourth-order valence-corrected chi connectivity index (χ4v) is 6.42. The van der Waals surface area contributed by atoms with Crippen LogP contribution in [0.2, 0.25) is 5.02 Å². The number of benzene rings is 2. The lowest BCUT2D eigenvalue weighted by Gasteiger charge is -2.37. The number of hydrogen-bond donors (Lipinski definition) is 2. The first kappa shape index (κ1) is 23.8. The first-order chi connectivity index (χ1) is 17.0. The number of amides is 1. The lowest BCUT2D eigenvalue weighted by Crippen LogP contribution is -2.44. The van der Waals surface area contributed by atoms with Crippen LogP contribution in [0.25, 0.3) is 21.2 Å². The number of hydrogen-bond acceptors (Lipinski definition) is 5. The molecule has 4 aromatic rings. The van der Waals surface area contributed by atoms with Crippen molar-refractivity contribution in [3.63, 3.8) is 0 Å². The van der Waals surface area contributed by atoms with E-state index in [1.807, 2.05) is 54.4 Å². The second kappa shape index (κ2) is 10.4. The molecule has 7 heteroatoms. The van der Waals surface area contributed by atoms with Crippen molar-refractivity contribution in [2.75, 3.05) is 12.8 Å². The Hall–Kier alpha value is -2.93. The SMILES string of the molecule is CNC1CCC(N(Cc2cccc(-c3ccc(N)nc3)c2)C(=O)c2sc3ccccc3c2Cl)CC1. The van der Waals surface area contributed by atoms with Crippen molar-refractivity contribution < 1.29 is 4.79 Å². The Balaban J connectivity index is 1.47. The van der Waals surface area contributed by atoms with E-state index in [1.54, 1.807) is 6.20 Å². The third kappa shape index (κ3) is 5.06. The molecule has 5 nitrogen and oxygen atoms in total. The number of nitrogen functional groups attached to an aromatic ring is 1. The summed E-state index contributed by atoms with van der Waals surface area (Å²) in [6.07, 6.45) is 5.85. The van der Waals surface area contributed by atoms with Crippen LogP contribution in [0, 0.1) is 0 Å². The predicted molar refractivity (Wildman–Crippen MR) is 146 cm³/mol. The van der Waals surface area contributed by atoms with Gasteiger partial charge in [0.05, 0.1) is 5.02 Å². The fourth-order valence-electron chi connectivity index (χ4n) is 4.95. The number of nitrogens with one attached hydrogen (secondary N) is 1. The van der Waals surface area contributed by atoms with Gasteiger partial charge in [-0.2, -0.15) is 0 Å². The summed E-state index contributed by atoms with van der Waals surface area (Å²) >= 11 is 8.22. The number of thiophene rings is 1. The molecule has 35 heavy (non-hydrogen) atoms. The number of anilines is 1. The number of aromatic nitrogens is 1. The first-order valence-electron chi connectivity index (χ1n) is 12.0. The van der Waals surface area contributed by atoms with E-state index in [9.17, 15) is 4.79 Å². The summed E-state index contributed by atoms with van der Waals surface area (Å²) in [6.45, 7) is 0.536. The van der Waals surface area contributed by atoms with Gasteiger partial charge in [-0.1, -0.05) is 48.0 Å². The van der Waals surface area contributed by atoms with Crippen molar-refractivity contribution in [3.8, 4) is 11.1 Å². The van der Waals surface area contributed by atoms with Crippen LogP contribution < -0.4 is 11.1 Å². The van der Waals surface area contributed by atoms with Crippen molar-refractivity contribution in [2.24, 2.45) is 0 Å². The summed E-state index contributed by atoms with van der Waals surface area (Å²) in [5.74, 6) is 0.516. The zero-order valence-corrected chi connectivity index (χ0v) is 21.3. The van der Waals surface area contributed by atoms with E-state index >= 15 is 0 Å². The predicted octanol–water partition coefficient (Wildman–Crippen LogP) is 6.37. The number of rotatable bonds is 6. The van der Waals surface area contributed by atoms with Gasteiger partial charge in [-0.25, -0.2) is 4.98 Å². The third-order valence-corrected chi connectivity index (χ3v) is 8.60. The van der Waals surface area contributed by atoms with Crippen LogP contribution in [0.15, 0.2) is 66.9 Å². The molecule has 2 aromatic carbocycles. The van der Waals surface area contributed by atoms with Gasteiger partial charge in [0, 0.05) is 40.5 Å². The zero-order chi connectivity index (χ0) is 24.4. The normalized spacial score (nSPS) is 18.0. The highest BCUT2D eigenvalue weighted by Crippen LogP contribution is 2.37. The molecule has 3 N–H and O–H groups in total. The largest absolute Gasteiger partial charge is 0.384 e. The molecule has 0 unspecified atom stereocenters. The molecule has 0 spiro atoms. The van der Waals surface area contributed by atoms with Crippen LogP contribution in [0.3, 0.4) is 0 Å². The molecule has 0 saturated heterocycles. The number of nitrogens with two attached hydrogens (primary N) is 1. The Morgan fingerprint density at radius 3 is 2.60 bits per heavy atom. The average Bonchev–Trinajstić information content (AvgIpc) is 3.24. The van der Waals surface area contributed by atoms with Gasteiger partial charge in [-0.3, -0.25) is 4.79 Å². The van der Waals surface area contributed by atoms with E-state index in [0.29, 0.717) is 28.3 Å². The lowest BCUT2D eigenvalue weighted by molar-refractivity contribution is 0.0606. The second-order valence-corrected chi connectivity index (χ2v) is 10.6. The van der Waals surface area contributed by atoms with E-state index in [1.165, 1.54) is 11.3 Å². The third-order valence-electron chi connectivity index (χ3n) is 6.94. The highest BCUT2D eigenvalue weighted by atomic mass is 35.5. The number of fused-ring (bicyclic) bond motifs is 1. The van der Waals surface area contributed by atoms with Gasteiger partial charge < -0.3 is 16.0 Å². The molecule has 0 aliphatic heterocycles. The second-order valence-electron chi connectivity index (χ2n) is 9.14. The Bertz CT molecular complexity index is 1330. The minimum Gasteiger partial charge on any atom is -0.384 e. The highest BCUT2D eigenvalue weighted by Gasteiger charge is 2.31. The summed E-state index contributed by atoms with van der Waals surface area (Å²) in [6, 6.07) is 20.7. The maximum Gasteiger partial charge on any atom is 0.266 e. The van der Waals surface area contributed by atoms with Gasteiger partial charge >= 0.3 is 0 Å². The van der Waals surface area contributed by atoms with Crippen LogP contribution in [0.1, 0.15) is 40.9 Å². The molecule has 0 radical (unpaired) electrons. The van der Waals surface area contributed by atoms with Gasteiger partial charge in [0.2, 0.25) is 0 Å². The summed E-state index contributed by atoms with van der Waals surface area (Å²) in [5, 5.41) is 4.90. The van der Waals surface area contributed by atoms with E-state index in [0.717, 1.165) is 52.5 Å². The molecule has 1 aliphatic carbocycles. The minimum absolute atomic E-state index is 0.0173. The minimum atomic E-state index is 0.0173. The summed E-state index contributed by atoms with van der Waals surface area (Å²) < 4.78 is 1.04. The molecule has 1 fully saturated rings. The summed E-state index contributed by atoms with van der Waals surface area (Å²) in [5.41, 5.74) is 8.90. The van der Waals surface area contributed by atoms with E-state index < -0.39 is 0 Å². The van der Waals surface area contributed by atoms with E-state index in [4.69, 9.17) is 17.3 Å². The molecule has 180 valence electrons. The van der Waals surface area contributed by atoms with Crippen molar-refractivity contribution in [2.45, 2.75) is 44.3 Å². The van der Waals surface area contributed by atoms with Crippen molar-refractivity contribution in [3.05, 3.63) is 82.3 Å². The molecule has 1 amide bonds. The van der Waals surface area contributed by atoms with Crippen molar-refractivity contribution in [1.29, 1.82) is 0 Å². The fraction of sp³-hybridized carbons (Fsp3) is 0.286. The summed E-state index contributed by atoms with van der Waals surface area (Å²) in [4.78, 5) is 20.9.